The minimum absolute atomic E-state index is 0.365. The predicted molar refractivity (Wildman–Crippen MR) is 79.2 cm³/mol. The molecule has 0 aromatic heterocycles. The zero-order chi connectivity index (χ0) is 14.4. The predicted octanol–water partition coefficient (Wildman–Crippen LogP) is 2.30. The molecule has 1 fully saturated rings. The molecule has 1 aliphatic heterocycles. The van der Waals surface area contributed by atoms with Crippen molar-refractivity contribution in [3.05, 3.63) is 24.0 Å². The molecule has 0 atom stereocenters. The van der Waals surface area contributed by atoms with Crippen molar-refractivity contribution < 1.29 is 13.7 Å². The Morgan fingerprint density at radius 3 is 2.11 bits per heavy atom. The Bertz CT molecular complexity index is 481. The molecule has 19 heavy (non-hydrogen) atoms. The molecule has 1 aliphatic rings. The van der Waals surface area contributed by atoms with E-state index in [9.17, 15) is 4.39 Å². The van der Waals surface area contributed by atoms with E-state index in [1.807, 2.05) is 27.7 Å². The van der Waals surface area contributed by atoms with E-state index < -0.39 is 37.7 Å². The minimum atomic E-state index is -2.83. The van der Waals surface area contributed by atoms with Crippen molar-refractivity contribution in [2.24, 2.45) is 0 Å². The average molecular weight is 501 g/mol. The van der Waals surface area contributed by atoms with Crippen LogP contribution in [-0.4, -0.2) is 37.7 Å². The zero-order valence-electron chi connectivity index (χ0n) is 11.2. The summed E-state index contributed by atoms with van der Waals surface area (Å²) in [6, 6.07) is 4.76. The fraction of sp³-hybridized carbons (Fsp3) is 0.500. The summed E-state index contributed by atoms with van der Waals surface area (Å²) in [5.74, 6) is -0.377. The van der Waals surface area contributed by atoms with Crippen molar-refractivity contribution in [3.63, 3.8) is 0 Å². The van der Waals surface area contributed by atoms with Crippen LogP contribution in [-0.2, 0) is 9.31 Å². The summed E-state index contributed by atoms with van der Waals surface area (Å²) in [6.45, 7) is 7.70. The molecule has 0 N–H and O–H groups in total. The molecular formula is C12H15BBiCl2FO2. The van der Waals surface area contributed by atoms with Crippen LogP contribution in [0.15, 0.2) is 18.2 Å². The summed E-state index contributed by atoms with van der Waals surface area (Å²) in [4.78, 5) is 0. The van der Waals surface area contributed by atoms with Gasteiger partial charge in [0.15, 0.2) is 0 Å². The molecule has 0 radical (unpaired) electrons. The first-order chi connectivity index (χ1) is 8.66. The fourth-order valence-electron chi connectivity index (χ4n) is 1.87. The van der Waals surface area contributed by atoms with Crippen LogP contribution >= 0.6 is 17.0 Å². The van der Waals surface area contributed by atoms with Crippen LogP contribution in [0.5, 0.6) is 0 Å². The molecule has 1 heterocycles. The van der Waals surface area contributed by atoms with Gasteiger partial charge in [0.2, 0.25) is 0 Å². The van der Waals surface area contributed by atoms with Crippen molar-refractivity contribution in [1.82, 2.24) is 0 Å². The first-order valence-electron chi connectivity index (χ1n) is 5.91. The van der Waals surface area contributed by atoms with Gasteiger partial charge in [-0.25, -0.2) is 0 Å². The standard InChI is InChI=1S/C12H15BFO2.Bi.2ClH/c1-11(2)12(3,4)16-13(15-11)9-7-5-6-8-10(9)14;;;/h5-6,8H,1-4H3;;2*1H/q;+2;;/p-2. The summed E-state index contributed by atoms with van der Waals surface area (Å²) in [5, 5.41) is 0. The molecular weight excluding hydrogens is 486 g/mol. The first-order valence-corrected chi connectivity index (χ1v) is 16.2. The summed E-state index contributed by atoms with van der Waals surface area (Å²) >= 11 is -2.83. The quantitative estimate of drug-likeness (QED) is 0.580. The third-order valence-corrected chi connectivity index (χ3v) is 9.83. The molecule has 0 spiro atoms. The molecule has 0 saturated carbocycles. The van der Waals surface area contributed by atoms with Crippen molar-refractivity contribution in [2.45, 2.75) is 38.9 Å². The molecule has 0 bridgehead atoms. The molecule has 1 aromatic carbocycles. The second kappa shape index (κ2) is 5.42. The Morgan fingerprint density at radius 1 is 1.11 bits per heavy atom. The van der Waals surface area contributed by atoms with Crippen LogP contribution in [0.4, 0.5) is 4.39 Å². The second-order valence-electron chi connectivity index (χ2n) is 5.49. The normalized spacial score (nSPS) is 21.2. The molecule has 0 amide bonds. The Balaban J connectivity index is 2.45. The van der Waals surface area contributed by atoms with Gasteiger partial charge in [0.25, 0.3) is 0 Å². The monoisotopic (exact) mass is 500 g/mol. The Hall–Kier alpha value is 0.598. The van der Waals surface area contributed by atoms with Gasteiger partial charge in [-0.15, -0.1) is 0 Å². The van der Waals surface area contributed by atoms with E-state index in [1.165, 1.54) is 6.07 Å². The Morgan fingerprint density at radius 2 is 1.63 bits per heavy atom. The molecule has 0 aliphatic carbocycles. The van der Waals surface area contributed by atoms with Crippen molar-refractivity contribution >= 4 is 52.2 Å². The fourth-order valence-corrected chi connectivity index (χ4v) is 6.76. The van der Waals surface area contributed by atoms with E-state index in [4.69, 9.17) is 26.3 Å². The maximum absolute atomic E-state index is 14.1. The van der Waals surface area contributed by atoms with Gasteiger partial charge in [-0.2, -0.15) is 0 Å². The number of halogens is 3. The third-order valence-electron chi connectivity index (χ3n) is 3.70. The van der Waals surface area contributed by atoms with Crippen LogP contribution in [0.3, 0.4) is 0 Å². The van der Waals surface area contributed by atoms with Crippen LogP contribution in [0.1, 0.15) is 27.7 Å². The van der Waals surface area contributed by atoms with E-state index >= 15 is 0 Å². The summed E-state index contributed by atoms with van der Waals surface area (Å²) in [7, 11) is 11.4. The zero-order valence-corrected chi connectivity index (χ0v) is 16.2. The van der Waals surface area contributed by atoms with Gasteiger partial charge in [-0.05, 0) is 0 Å². The van der Waals surface area contributed by atoms with Gasteiger partial charge >= 0.3 is 129 Å². The van der Waals surface area contributed by atoms with Gasteiger partial charge in [-0.3, -0.25) is 0 Å². The molecule has 2 rings (SSSR count). The topological polar surface area (TPSA) is 18.5 Å². The number of hydrogen-bond donors (Lipinski definition) is 0. The third kappa shape index (κ3) is 2.96. The summed E-state index contributed by atoms with van der Waals surface area (Å²) in [5.41, 5.74) is -0.663. The summed E-state index contributed by atoms with van der Waals surface area (Å²) < 4.78 is 26.5. The Labute approximate surface area is 128 Å². The van der Waals surface area contributed by atoms with Gasteiger partial charge < -0.3 is 0 Å². The molecule has 0 unspecified atom stereocenters. The second-order valence-corrected chi connectivity index (χ2v) is 16.6. The van der Waals surface area contributed by atoms with Crippen LogP contribution < -0.4 is 8.73 Å². The van der Waals surface area contributed by atoms with Gasteiger partial charge in [0.05, 0.1) is 0 Å². The van der Waals surface area contributed by atoms with E-state index in [-0.39, 0.29) is 5.82 Å². The van der Waals surface area contributed by atoms with E-state index in [1.54, 1.807) is 12.1 Å². The molecule has 1 aromatic rings. The van der Waals surface area contributed by atoms with Crippen molar-refractivity contribution in [1.29, 1.82) is 0 Å². The Kier molecular flexibility index (Phi) is 4.56. The SMILES string of the molecule is CC1(C)OB(c2c(F)ccc[c]2[Bi]([Cl])[Cl])OC1(C)C. The van der Waals surface area contributed by atoms with E-state index in [2.05, 4.69) is 0 Å². The van der Waals surface area contributed by atoms with Gasteiger partial charge in [0.1, 0.15) is 0 Å². The van der Waals surface area contributed by atoms with Gasteiger partial charge in [0, 0.05) is 0 Å². The molecule has 2 nitrogen and oxygen atoms in total. The average Bonchev–Trinajstić information content (AvgIpc) is 2.47. The first kappa shape index (κ1) is 16.0. The van der Waals surface area contributed by atoms with Crippen LogP contribution in [0.25, 0.3) is 0 Å². The van der Waals surface area contributed by atoms with Crippen LogP contribution in [0, 0.1) is 5.82 Å². The van der Waals surface area contributed by atoms with Gasteiger partial charge in [-0.1, -0.05) is 0 Å². The number of benzene rings is 1. The number of hydrogen-bond acceptors (Lipinski definition) is 2. The van der Waals surface area contributed by atoms with Crippen molar-refractivity contribution in [3.8, 4) is 0 Å². The summed E-state index contributed by atoms with van der Waals surface area (Å²) in [6.07, 6.45) is 0. The van der Waals surface area contributed by atoms with Crippen molar-refractivity contribution in [2.75, 3.05) is 0 Å². The molecule has 7 heteroatoms. The molecule has 1 saturated heterocycles. The molecule has 104 valence electrons. The van der Waals surface area contributed by atoms with Crippen LogP contribution in [0.2, 0.25) is 0 Å². The number of rotatable bonds is 2. The van der Waals surface area contributed by atoms with E-state index in [0.717, 1.165) is 0 Å². The van der Waals surface area contributed by atoms with E-state index in [0.29, 0.717) is 8.73 Å². The maximum atomic E-state index is 14.1.